The number of piperidine rings is 1. The molecular weight excluding hydrogens is 248 g/mol. The molecule has 0 unspecified atom stereocenters. The number of hydrogen-bond donors (Lipinski definition) is 1. The van der Waals surface area contributed by atoms with Gasteiger partial charge in [0.1, 0.15) is 5.69 Å². The van der Waals surface area contributed by atoms with E-state index in [1.807, 2.05) is 7.05 Å². The molecule has 1 aromatic carbocycles. The quantitative estimate of drug-likeness (QED) is 0.651. The molecule has 0 spiro atoms. The van der Waals surface area contributed by atoms with Gasteiger partial charge in [0.05, 0.1) is 0 Å². The van der Waals surface area contributed by atoms with Crippen molar-refractivity contribution in [1.29, 1.82) is 0 Å². The molecule has 100 valence electrons. The normalized spacial score (nSPS) is 18.1. The summed E-state index contributed by atoms with van der Waals surface area (Å²) in [5.74, 6) is -5.51. The van der Waals surface area contributed by atoms with Crippen LogP contribution in [0.2, 0.25) is 0 Å². The van der Waals surface area contributed by atoms with E-state index in [0.29, 0.717) is 12.8 Å². The van der Waals surface area contributed by atoms with Crippen LogP contribution >= 0.6 is 0 Å². The van der Waals surface area contributed by atoms with E-state index in [1.54, 1.807) is 0 Å². The summed E-state index contributed by atoms with van der Waals surface area (Å²) in [7, 11) is 1.94. The lowest BCUT2D eigenvalue weighted by Gasteiger charge is -2.30. The monoisotopic (exact) mass is 262 g/mol. The van der Waals surface area contributed by atoms with Gasteiger partial charge >= 0.3 is 0 Å². The lowest BCUT2D eigenvalue weighted by molar-refractivity contribution is 0.263. The molecule has 1 aliphatic heterocycles. The number of nitrogens with one attached hydrogen (secondary N) is 1. The summed E-state index contributed by atoms with van der Waals surface area (Å²) in [6.45, 7) is 1.55. The maximum absolute atomic E-state index is 13.4. The van der Waals surface area contributed by atoms with Gasteiger partial charge in [0, 0.05) is 12.1 Å². The van der Waals surface area contributed by atoms with Crippen molar-refractivity contribution in [3.05, 3.63) is 29.3 Å². The van der Waals surface area contributed by atoms with Crippen molar-refractivity contribution in [2.75, 3.05) is 25.5 Å². The van der Waals surface area contributed by atoms with Gasteiger partial charge in [-0.15, -0.1) is 0 Å². The zero-order valence-electron chi connectivity index (χ0n) is 9.94. The van der Waals surface area contributed by atoms with E-state index < -0.39 is 29.0 Å². The molecule has 0 amide bonds. The summed E-state index contributed by atoms with van der Waals surface area (Å²) < 4.78 is 52.9. The van der Waals surface area contributed by atoms with E-state index in [4.69, 9.17) is 0 Å². The molecule has 2 nitrogen and oxygen atoms in total. The Morgan fingerprint density at radius 3 is 2.06 bits per heavy atom. The second-order valence-corrected chi connectivity index (χ2v) is 4.57. The fraction of sp³-hybridized carbons (Fsp3) is 0.500. The Labute approximate surface area is 103 Å². The van der Waals surface area contributed by atoms with Crippen molar-refractivity contribution >= 4 is 5.69 Å². The average molecular weight is 262 g/mol. The van der Waals surface area contributed by atoms with Gasteiger partial charge in [-0.3, -0.25) is 0 Å². The van der Waals surface area contributed by atoms with E-state index >= 15 is 0 Å². The summed E-state index contributed by atoms with van der Waals surface area (Å²) >= 11 is 0. The summed E-state index contributed by atoms with van der Waals surface area (Å²) in [4.78, 5) is 2.08. The molecule has 1 fully saturated rings. The van der Waals surface area contributed by atoms with Crippen LogP contribution < -0.4 is 5.32 Å². The van der Waals surface area contributed by atoms with Crippen molar-refractivity contribution in [3.8, 4) is 0 Å². The molecule has 1 N–H and O–H groups in total. The van der Waals surface area contributed by atoms with E-state index in [-0.39, 0.29) is 12.1 Å². The zero-order valence-corrected chi connectivity index (χ0v) is 9.94. The highest BCUT2D eigenvalue weighted by Gasteiger charge is 2.23. The van der Waals surface area contributed by atoms with Gasteiger partial charge in [-0.2, -0.15) is 0 Å². The third-order valence-corrected chi connectivity index (χ3v) is 3.18. The first-order chi connectivity index (χ1) is 8.49. The Kier molecular flexibility index (Phi) is 3.75. The summed E-state index contributed by atoms with van der Waals surface area (Å²) in [6.07, 6.45) is 1.35. The second-order valence-electron chi connectivity index (χ2n) is 4.57. The van der Waals surface area contributed by atoms with Crippen molar-refractivity contribution in [1.82, 2.24) is 4.90 Å². The lowest BCUT2D eigenvalue weighted by atomic mass is 10.0. The molecule has 1 aromatic rings. The van der Waals surface area contributed by atoms with E-state index in [9.17, 15) is 17.6 Å². The molecule has 6 heteroatoms. The number of rotatable bonds is 2. The Balaban J connectivity index is 2.18. The number of nitrogens with zero attached hydrogens (tertiary/aromatic N) is 1. The fourth-order valence-corrected chi connectivity index (χ4v) is 2.06. The van der Waals surface area contributed by atoms with Crippen LogP contribution in [-0.2, 0) is 0 Å². The molecular formula is C12H14F4N2. The van der Waals surface area contributed by atoms with Crippen molar-refractivity contribution in [3.63, 3.8) is 0 Å². The molecule has 18 heavy (non-hydrogen) atoms. The van der Waals surface area contributed by atoms with E-state index in [0.717, 1.165) is 13.1 Å². The SMILES string of the molecule is CN1CCC(Nc2c(F)c(F)cc(F)c2F)CC1. The largest absolute Gasteiger partial charge is 0.377 e. The van der Waals surface area contributed by atoms with Crippen LogP contribution in [0, 0.1) is 23.3 Å². The molecule has 0 atom stereocenters. The fourth-order valence-electron chi connectivity index (χ4n) is 2.06. The standard InChI is InChI=1S/C12H14F4N2/c1-18-4-2-7(3-5-18)17-12-10(15)8(13)6-9(14)11(12)16/h6-7,17H,2-5H2,1H3. The predicted molar refractivity (Wildman–Crippen MR) is 60.4 cm³/mol. The van der Waals surface area contributed by atoms with Crippen LogP contribution in [0.5, 0.6) is 0 Å². The first-order valence-electron chi connectivity index (χ1n) is 5.77. The molecule has 1 heterocycles. The number of hydrogen-bond acceptors (Lipinski definition) is 2. The van der Waals surface area contributed by atoms with Crippen LogP contribution in [0.15, 0.2) is 6.07 Å². The van der Waals surface area contributed by atoms with E-state index in [2.05, 4.69) is 10.2 Å². The van der Waals surface area contributed by atoms with Gasteiger partial charge in [-0.25, -0.2) is 17.6 Å². The summed E-state index contributed by atoms with van der Waals surface area (Å²) in [5.41, 5.74) is -0.706. The molecule has 0 bridgehead atoms. The Morgan fingerprint density at radius 2 is 1.56 bits per heavy atom. The van der Waals surface area contributed by atoms with Crippen LogP contribution in [0.3, 0.4) is 0 Å². The average Bonchev–Trinajstić information content (AvgIpc) is 2.34. The number of anilines is 1. The molecule has 2 rings (SSSR count). The topological polar surface area (TPSA) is 15.3 Å². The first-order valence-corrected chi connectivity index (χ1v) is 5.77. The Morgan fingerprint density at radius 1 is 1.06 bits per heavy atom. The number of likely N-dealkylation sites (tertiary alicyclic amines) is 1. The highest BCUT2D eigenvalue weighted by Crippen LogP contribution is 2.26. The van der Waals surface area contributed by atoms with Crippen molar-refractivity contribution in [2.45, 2.75) is 18.9 Å². The third kappa shape index (κ3) is 2.58. The van der Waals surface area contributed by atoms with Crippen LogP contribution in [0.4, 0.5) is 23.2 Å². The molecule has 0 aliphatic carbocycles. The predicted octanol–water partition coefficient (Wildman–Crippen LogP) is 2.75. The number of halogens is 4. The minimum absolute atomic E-state index is 0.175. The minimum atomic E-state index is -1.38. The minimum Gasteiger partial charge on any atom is -0.377 e. The number of benzene rings is 1. The highest BCUT2D eigenvalue weighted by atomic mass is 19.2. The van der Waals surface area contributed by atoms with Gasteiger partial charge in [-0.05, 0) is 33.0 Å². The maximum atomic E-state index is 13.4. The van der Waals surface area contributed by atoms with Crippen molar-refractivity contribution < 1.29 is 17.6 Å². The highest BCUT2D eigenvalue weighted by molar-refractivity contribution is 5.48. The summed E-state index contributed by atoms with van der Waals surface area (Å²) in [5, 5.41) is 2.56. The van der Waals surface area contributed by atoms with E-state index in [1.165, 1.54) is 0 Å². The molecule has 0 radical (unpaired) electrons. The first kappa shape index (κ1) is 13.1. The Hall–Kier alpha value is -1.30. The zero-order chi connectivity index (χ0) is 13.3. The smallest absolute Gasteiger partial charge is 0.185 e. The van der Waals surface area contributed by atoms with Gasteiger partial charge < -0.3 is 10.2 Å². The van der Waals surface area contributed by atoms with Crippen LogP contribution in [0.25, 0.3) is 0 Å². The Bertz CT molecular complexity index is 416. The molecule has 1 aliphatic rings. The van der Waals surface area contributed by atoms with Crippen LogP contribution in [0.1, 0.15) is 12.8 Å². The second kappa shape index (κ2) is 5.14. The van der Waals surface area contributed by atoms with Crippen molar-refractivity contribution in [2.24, 2.45) is 0 Å². The molecule has 0 saturated carbocycles. The third-order valence-electron chi connectivity index (χ3n) is 3.18. The molecule has 1 saturated heterocycles. The van der Waals surface area contributed by atoms with Gasteiger partial charge in [-0.1, -0.05) is 0 Å². The van der Waals surface area contributed by atoms with Gasteiger partial charge in [0.2, 0.25) is 0 Å². The van der Waals surface area contributed by atoms with Gasteiger partial charge in [0.15, 0.2) is 23.3 Å². The van der Waals surface area contributed by atoms with Gasteiger partial charge in [0.25, 0.3) is 0 Å². The summed E-state index contributed by atoms with van der Waals surface area (Å²) in [6, 6.07) is 0.0382. The lowest BCUT2D eigenvalue weighted by Crippen LogP contribution is -2.37. The van der Waals surface area contributed by atoms with Crippen LogP contribution in [-0.4, -0.2) is 31.1 Å². The molecule has 0 aromatic heterocycles. The maximum Gasteiger partial charge on any atom is 0.185 e.